The van der Waals surface area contributed by atoms with Crippen molar-refractivity contribution in [1.82, 2.24) is 4.98 Å². The van der Waals surface area contributed by atoms with Crippen molar-refractivity contribution < 1.29 is 17.8 Å². The average Bonchev–Trinajstić information content (AvgIpc) is 2.84. The van der Waals surface area contributed by atoms with Crippen LogP contribution in [0.15, 0.2) is 48.6 Å². The quantitative estimate of drug-likeness (QED) is 0.645. The highest BCUT2D eigenvalue weighted by molar-refractivity contribution is 7.87. The number of rotatable bonds is 5. The molecule has 0 bridgehead atoms. The molecule has 0 spiro atoms. The second kappa shape index (κ2) is 6.39. The Morgan fingerprint density at radius 3 is 2.68 bits per heavy atom. The summed E-state index contributed by atoms with van der Waals surface area (Å²) in [6, 6.07) is 7.26. The topological polar surface area (TPSA) is 96.4 Å². The van der Waals surface area contributed by atoms with Crippen molar-refractivity contribution in [1.29, 1.82) is 0 Å². The van der Waals surface area contributed by atoms with E-state index in [2.05, 4.69) is 16.9 Å². The van der Waals surface area contributed by atoms with Gasteiger partial charge in [0.1, 0.15) is 0 Å². The lowest BCUT2D eigenvalue weighted by molar-refractivity contribution is -0.115. The van der Waals surface area contributed by atoms with Crippen molar-refractivity contribution >= 4 is 42.7 Å². The number of amides is 1. The molecule has 0 aliphatic heterocycles. The molecule has 2 rings (SSSR count). The third-order valence-electron chi connectivity index (χ3n) is 2.93. The van der Waals surface area contributed by atoms with Gasteiger partial charge in [-0.1, -0.05) is 42.2 Å². The molecule has 1 aromatic carbocycles. The summed E-state index contributed by atoms with van der Waals surface area (Å²) in [6.07, 6.45) is 2.62. The van der Waals surface area contributed by atoms with Gasteiger partial charge in [0.05, 0.1) is 10.2 Å². The highest BCUT2D eigenvalue weighted by atomic mass is 32.2. The molecule has 1 heterocycles. The van der Waals surface area contributed by atoms with Crippen LogP contribution in [0.4, 0.5) is 5.13 Å². The molecule has 116 valence electrons. The second-order valence-electron chi connectivity index (χ2n) is 4.36. The van der Waals surface area contributed by atoms with Gasteiger partial charge in [0.2, 0.25) is 0 Å². The van der Waals surface area contributed by atoms with Crippen LogP contribution in [-0.4, -0.2) is 29.1 Å². The number of nitrogens with one attached hydrogen (secondary N) is 1. The number of hydrogen-bond acceptors (Lipinski definition) is 5. The van der Waals surface area contributed by atoms with E-state index in [-0.39, 0.29) is 10.7 Å². The molecule has 1 atom stereocenters. The standard InChI is InChI=1S/C14H14N2O4S2/c1-3-9(4-2)12(22(18,19)20)13(17)16-14-15-10-7-5-6-8-11(10)21-14/h3-8,12H,1H2,2H3,(H,15,16,17)(H,18,19,20)/b9-4+. The highest BCUT2D eigenvalue weighted by Gasteiger charge is 2.33. The Bertz CT molecular complexity index is 820. The van der Waals surface area contributed by atoms with Crippen LogP contribution in [0.2, 0.25) is 0 Å². The first kappa shape index (κ1) is 16.3. The summed E-state index contributed by atoms with van der Waals surface area (Å²) in [5, 5.41) is 0.957. The maximum Gasteiger partial charge on any atom is 0.281 e. The maximum atomic E-state index is 12.2. The van der Waals surface area contributed by atoms with Crippen molar-refractivity contribution in [3.63, 3.8) is 0 Å². The Kier molecular flexibility index (Phi) is 4.74. The number of nitrogens with zero attached hydrogens (tertiary/aromatic N) is 1. The molecule has 2 N–H and O–H groups in total. The van der Waals surface area contributed by atoms with Crippen molar-refractivity contribution in [2.24, 2.45) is 0 Å². The number of para-hydroxylation sites is 1. The van der Waals surface area contributed by atoms with Crippen LogP contribution in [0, 0.1) is 0 Å². The van der Waals surface area contributed by atoms with Crippen molar-refractivity contribution in [3.8, 4) is 0 Å². The van der Waals surface area contributed by atoms with Crippen LogP contribution in [0.3, 0.4) is 0 Å². The molecule has 2 aromatic rings. The number of aromatic nitrogens is 1. The summed E-state index contributed by atoms with van der Waals surface area (Å²) in [7, 11) is -4.61. The van der Waals surface area contributed by atoms with Crippen molar-refractivity contribution in [2.75, 3.05) is 5.32 Å². The number of fused-ring (bicyclic) bond motifs is 1. The van der Waals surface area contributed by atoms with Gasteiger partial charge in [-0.2, -0.15) is 8.42 Å². The molecule has 1 aromatic heterocycles. The predicted molar refractivity (Wildman–Crippen MR) is 87.5 cm³/mol. The van der Waals surface area contributed by atoms with Crippen molar-refractivity contribution in [2.45, 2.75) is 12.2 Å². The Morgan fingerprint density at radius 2 is 2.14 bits per heavy atom. The van der Waals surface area contributed by atoms with Crippen LogP contribution in [0.1, 0.15) is 6.92 Å². The molecule has 8 heteroatoms. The van der Waals surface area contributed by atoms with Gasteiger partial charge in [-0.05, 0) is 24.6 Å². The molecule has 1 unspecified atom stereocenters. The van der Waals surface area contributed by atoms with Gasteiger partial charge >= 0.3 is 0 Å². The van der Waals surface area contributed by atoms with E-state index in [9.17, 15) is 17.8 Å². The Labute approximate surface area is 131 Å². The summed E-state index contributed by atoms with van der Waals surface area (Å²) in [4.78, 5) is 16.4. The van der Waals surface area contributed by atoms with E-state index in [0.717, 1.165) is 4.70 Å². The minimum atomic E-state index is -4.61. The van der Waals surface area contributed by atoms with E-state index in [4.69, 9.17) is 0 Å². The Morgan fingerprint density at radius 1 is 1.45 bits per heavy atom. The Balaban J connectivity index is 2.34. The first-order chi connectivity index (χ1) is 10.4. The summed E-state index contributed by atoms with van der Waals surface area (Å²) < 4.78 is 33.1. The van der Waals surface area contributed by atoms with E-state index < -0.39 is 21.3 Å². The van der Waals surface area contributed by atoms with E-state index in [1.165, 1.54) is 23.5 Å². The number of carbonyl (C=O) groups is 1. The number of benzene rings is 1. The lowest BCUT2D eigenvalue weighted by Gasteiger charge is -2.13. The minimum Gasteiger partial charge on any atom is -0.300 e. The summed E-state index contributed by atoms with van der Waals surface area (Å²) in [6.45, 7) is 5.01. The number of carbonyl (C=O) groups excluding carboxylic acids is 1. The van der Waals surface area contributed by atoms with Crippen LogP contribution in [-0.2, 0) is 14.9 Å². The normalized spacial score (nSPS) is 13.8. The molecule has 0 aliphatic rings. The summed E-state index contributed by atoms with van der Waals surface area (Å²) >= 11 is 1.22. The fourth-order valence-corrected chi connectivity index (χ4v) is 3.71. The molecule has 0 saturated heterocycles. The van der Waals surface area contributed by atoms with Gasteiger partial charge in [-0.25, -0.2) is 4.98 Å². The lowest BCUT2D eigenvalue weighted by atomic mass is 10.1. The summed E-state index contributed by atoms with van der Waals surface area (Å²) in [5.41, 5.74) is 0.794. The number of hydrogen-bond donors (Lipinski definition) is 2. The number of anilines is 1. The van der Waals surface area contributed by atoms with E-state index in [1.54, 1.807) is 13.0 Å². The smallest absolute Gasteiger partial charge is 0.281 e. The van der Waals surface area contributed by atoms with Crippen LogP contribution in [0.5, 0.6) is 0 Å². The van der Waals surface area contributed by atoms with Crippen molar-refractivity contribution in [3.05, 3.63) is 48.6 Å². The van der Waals surface area contributed by atoms with E-state index >= 15 is 0 Å². The van der Waals surface area contributed by atoms with Crippen LogP contribution in [0.25, 0.3) is 10.2 Å². The van der Waals surface area contributed by atoms with Gasteiger partial charge in [0.25, 0.3) is 16.0 Å². The molecular weight excluding hydrogens is 324 g/mol. The van der Waals surface area contributed by atoms with E-state index in [0.29, 0.717) is 5.52 Å². The third kappa shape index (κ3) is 3.41. The zero-order chi connectivity index (χ0) is 16.3. The van der Waals surface area contributed by atoms with Gasteiger partial charge in [-0.3, -0.25) is 9.35 Å². The van der Waals surface area contributed by atoms with Gasteiger partial charge in [-0.15, -0.1) is 0 Å². The first-order valence-corrected chi connectivity index (χ1v) is 8.60. The first-order valence-electron chi connectivity index (χ1n) is 6.28. The molecular formula is C14H14N2O4S2. The zero-order valence-electron chi connectivity index (χ0n) is 11.7. The molecule has 0 radical (unpaired) electrons. The fourth-order valence-electron chi connectivity index (χ4n) is 1.93. The molecule has 22 heavy (non-hydrogen) atoms. The molecule has 0 aliphatic carbocycles. The fraction of sp³-hybridized carbons (Fsp3) is 0.143. The molecule has 0 saturated carbocycles. The largest absolute Gasteiger partial charge is 0.300 e. The minimum absolute atomic E-state index is 0.0983. The SMILES string of the molecule is C=C/C(=C\C)C(C(=O)Nc1nc2ccccc2s1)S(=O)(=O)O. The monoisotopic (exact) mass is 338 g/mol. The second-order valence-corrected chi connectivity index (χ2v) is 6.90. The van der Waals surface area contributed by atoms with Crippen LogP contribution < -0.4 is 5.32 Å². The number of allylic oxidation sites excluding steroid dienone is 2. The molecule has 0 fully saturated rings. The molecule has 6 nitrogen and oxygen atoms in total. The lowest BCUT2D eigenvalue weighted by Crippen LogP contribution is -2.36. The van der Waals surface area contributed by atoms with Crippen LogP contribution >= 0.6 is 11.3 Å². The summed E-state index contributed by atoms with van der Waals surface area (Å²) in [5.74, 6) is -0.880. The van der Waals surface area contributed by atoms with Gasteiger partial charge < -0.3 is 5.32 Å². The zero-order valence-corrected chi connectivity index (χ0v) is 13.3. The number of thiazole rings is 1. The van der Waals surface area contributed by atoms with Gasteiger partial charge in [0.15, 0.2) is 10.4 Å². The average molecular weight is 338 g/mol. The third-order valence-corrected chi connectivity index (χ3v) is 4.97. The maximum absolute atomic E-state index is 12.2. The Hall–Kier alpha value is -2.03. The predicted octanol–water partition coefficient (Wildman–Crippen LogP) is 2.62. The van der Waals surface area contributed by atoms with Gasteiger partial charge in [0, 0.05) is 0 Å². The highest BCUT2D eigenvalue weighted by Crippen LogP contribution is 2.26. The molecule has 1 amide bonds. The van der Waals surface area contributed by atoms with E-state index in [1.807, 2.05) is 18.2 Å².